The summed E-state index contributed by atoms with van der Waals surface area (Å²) in [6, 6.07) is 7.88. The average molecular weight is 364 g/mol. The van der Waals surface area contributed by atoms with Gasteiger partial charge in [-0.2, -0.15) is 0 Å². The van der Waals surface area contributed by atoms with Crippen LogP contribution in [-0.4, -0.2) is 40.7 Å². The number of nitrogens with zero attached hydrogens (tertiary/aromatic N) is 1. The summed E-state index contributed by atoms with van der Waals surface area (Å²) in [5.74, 6) is 0.701. The van der Waals surface area contributed by atoms with Crippen molar-refractivity contribution in [2.24, 2.45) is 0 Å². The summed E-state index contributed by atoms with van der Waals surface area (Å²) in [7, 11) is 0. The fraction of sp³-hybridized carbons (Fsp3) is 0.579. The lowest BCUT2D eigenvalue weighted by atomic mass is 9.93. The lowest BCUT2D eigenvalue weighted by Crippen LogP contribution is -2.60. The second-order valence-electron chi connectivity index (χ2n) is 7.14. The molecule has 138 valence electrons. The van der Waals surface area contributed by atoms with Gasteiger partial charge >= 0.3 is 0 Å². The molecular formula is C19H29N3O2S. The zero-order chi connectivity index (χ0) is 18.4. The van der Waals surface area contributed by atoms with E-state index in [1.807, 2.05) is 31.2 Å². The second kappa shape index (κ2) is 8.52. The number of ether oxygens (including phenoxy) is 1. The topological polar surface area (TPSA) is 53.6 Å². The van der Waals surface area contributed by atoms with E-state index >= 15 is 0 Å². The molecule has 0 aromatic heterocycles. The molecule has 1 aliphatic heterocycles. The van der Waals surface area contributed by atoms with E-state index in [0.717, 1.165) is 30.2 Å². The van der Waals surface area contributed by atoms with Crippen LogP contribution in [-0.2, 0) is 4.79 Å². The van der Waals surface area contributed by atoms with Crippen LogP contribution in [0.1, 0.15) is 47.0 Å². The molecule has 25 heavy (non-hydrogen) atoms. The molecule has 1 amide bonds. The monoisotopic (exact) mass is 363 g/mol. The first-order chi connectivity index (χ1) is 11.8. The third kappa shape index (κ3) is 5.59. The molecular weight excluding hydrogens is 334 g/mol. The summed E-state index contributed by atoms with van der Waals surface area (Å²) in [5.41, 5.74) is 0.757. The third-order valence-electron chi connectivity index (χ3n) is 4.31. The molecule has 5 nitrogen and oxygen atoms in total. The van der Waals surface area contributed by atoms with E-state index in [1.165, 1.54) is 0 Å². The summed E-state index contributed by atoms with van der Waals surface area (Å²) in [4.78, 5) is 14.4. The van der Waals surface area contributed by atoms with Gasteiger partial charge in [0.1, 0.15) is 5.75 Å². The molecule has 1 heterocycles. The summed E-state index contributed by atoms with van der Waals surface area (Å²) in [5, 5.41) is 7.10. The maximum atomic E-state index is 12.2. The summed E-state index contributed by atoms with van der Waals surface area (Å²) >= 11 is 5.48. The highest BCUT2D eigenvalue weighted by molar-refractivity contribution is 7.80. The Bertz CT molecular complexity index is 618. The molecule has 1 fully saturated rings. The van der Waals surface area contributed by atoms with E-state index in [-0.39, 0.29) is 11.4 Å². The van der Waals surface area contributed by atoms with Crippen LogP contribution in [0.3, 0.4) is 0 Å². The lowest BCUT2D eigenvalue weighted by Gasteiger charge is -2.44. The Labute approximate surface area is 156 Å². The average Bonchev–Trinajstić information content (AvgIpc) is 2.51. The first-order valence-electron chi connectivity index (χ1n) is 8.93. The molecule has 1 saturated heterocycles. The molecule has 0 unspecified atom stereocenters. The van der Waals surface area contributed by atoms with Crippen LogP contribution < -0.4 is 15.4 Å². The highest BCUT2D eigenvalue weighted by Gasteiger charge is 2.32. The maximum absolute atomic E-state index is 12.2. The molecule has 1 aromatic rings. The van der Waals surface area contributed by atoms with Crippen LogP contribution in [0.4, 0.5) is 5.69 Å². The Hall–Kier alpha value is -1.82. The number of anilines is 1. The Balaban J connectivity index is 1.82. The Morgan fingerprint density at radius 3 is 2.84 bits per heavy atom. The maximum Gasteiger partial charge on any atom is 0.224 e. The smallest absolute Gasteiger partial charge is 0.224 e. The van der Waals surface area contributed by atoms with E-state index in [2.05, 4.69) is 36.3 Å². The van der Waals surface area contributed by atoms with Crippen molar-refractivity contribution in [2.75, 3.05) is 18.5 Å². The van der Waals surface area contributed by atoms with Crippen molar-refractivity contribution in [3.8, 4) is 5.75 Å². The highest BCUT2D eigenvalue weighted by Crippen LogP contribution is 2.24. The van der Waals surface area contributed by atoms with Crippen LogP contribution >= 0.6 is 12.2 Å². The second-order valence-corrected chi connectivity index (χ2v) is 7.53. The van der Waals surface area contributed by atoms with Gasteiger partial charge in [0, 0.05) is 24.5 Å². The zero-order valence-corrected chi connectivity index (χ0v) is 16.4. The van der Waals surface area contributed by atoms with Gasteiger partial charge in [0.2, 0.25) is 5.91 Å². The van der Waals surface area contributed by atoms with Crippen molar-refractivity contribution in [3.05, 3.63) is 24.3 Å². The number of nitrogens with one attached hydrogen (secondary N) is 2. The number of rotatable bonds is 7. The molecule has 2 N–H and O–H groups in total. The molecule has 0 spiro atoms. The largest absolute Gasteiger partial charge is 0.492 e. The normalized spacial score (nSPS) is 19.3. The minimum absolute atomic E-state index is 0.00368. The molecule has 0 radical (unpaired) electrons. The number of carbonyl (C=O) groups is 1. The van der Waals surface area contributed by atoms with Gasteiger partial charge in [-0.25, -0.2) is 0 Å². The standard InChI is InChI=1S/C19H29N3O2S/c1-5-24-16-10-7-6-9-15(16)20-17(23)11-8-12-22-14(2)13-19(3,4)21-18(22)25/h6-7,9-10,14H,5,8,11-13H2,1-4H3,(H,20,23)(H,21,25)/t14-/m1/s1. The quantitative estimate of drug-likeness (QED) is 0.726. The highest BCUT2D eigenvalue weighted by atomic mass is 32.1. The van der Waals surface area contributed by atoms with Crippen molar-refractivity contribution >= 4 is 28.9 Å². The van der Waals surface area contributed by atoms with Gasteiger partial charge in [0.05, 0.1) is 12.3 Å². The molecule has 1 atom stereocenters. The zero-order valence-electron chi connectivity index (χ0n) is 15.6. The van der Waals surface area contributed by atoms with Gasteiger partial charge < -0.3 is 20.3 Å². The van der Waals surface area contributed by atoms with Gasteiger partial charge in [-0.05, 0) is 64.9 Å². The van der Waals surface area contributed by atoms with Gasteiger partial charge in [0.25, 0.3) is 0 Å². The first-order valence-corrected chi connectivity index (χ1v) is 9.33. The fourth-order valence-corrected chi connectivity index (χ4v) is 3.80. The van der Waals surface area contributed by atoms with Crippen LogP contribution in [0.5, 0.6) is 5.75 Å². The molecule has 0 bridgehead atoms. The molecule has 1 aromatic carbocycles. The van der Waals surface area contributed by atoms with Crippen LogP contribution in [0, 0.1) is 0 Å². The van der Waals surface area contributed by atoms with E-state index in [1.54, 1.807) is 0 Å². The Morgan fingerprint density at radius 1 is 1.44 bits per heavy atom. The van der Waals surface area contributed by atoms with Gasteiger partial charge in [-0.15, -0.1) is 0 Å². The number of amides is 1. The molecule has 1 aliphatic rings. The summed E-state index contributed by atoms with van der Waals surface area (Å²) < 4.78 is 5.54. The van der Waals surface area contributed by atoms with Crippen LogP contribution in [0.25, 0.3) is 0 Å². The summed E-state index contributed by atoms with van der Waals surface area (Å²) in [6.07, 6.45) is 2.24. The number of hydrogen-bond acceptors (Lipinski definition) is 3. The predicted octanol–water partition coefficient (Wildman–Crippen LogP) is 3.55. The predicted molar refractivity (Wildman–Crippen MR) is 106 cm³/mol. The van der Waals surface area contributed by atoms with Crippen LogP contribution in [0.15, 0.2) is 24.3 Å². The molecule has 0 saturated carbocycles. The van der Waals surface area contributed by atoms with Crippen molar-refractivity contribution in [2.45, 2.75) is 58.5 Å². The van der Waals surface area contributed by atoms with Crippen LogP contribution in [0.2, 0.25) is 0 Å². The molecule has 2 rings (SSSR count). The molecule has 0 aliphatic carbocycles. The van der Waals surface area contributed by atoms with E-state index in [4.69, 9.17) is 17.0 Å². The van der Waals surface area contributed by atoms with Crippen molar-refractivity contribution in [1.82, 2.24) is 10.2 Å². The van der Waals surface area contributed by atoms with Crippen molar-refractivity contribution in [3.63, 3.8) is 0 Å². The Kier molecular flexibility index (Phi) is 6.64. The lowest BCUT2D eigenvalue weighted by molar-refractivity contribution is -0.116. The minimum Gasteiger partial charge on any atom is -0.492 e. The SMILES string of the molecule is CCOc1ccccc1NC(=O)CCCN1C(=S)NC(C)(C)C[C@H]1C. The number of hydrogen-bond donors (Lipinski definition) is 2. The number of benzene rings is 1. The fourth-order valence-electron chi connectivity index (χ4n) is 3.26. The Morgan fingerprint density at radius 2 is 2.16 bits per heavy atom. The van der Waals surface area contributed by atoms with E-state index < -0.39 is 0 Å². The number of carbonyl (C=O) groups excluding carboxylic acids is 1. The number of para-hydroxylation sites is 2. The van der Waals surface area contributed by atoms with Crippen molar-refractivity contribution in [1.29, 1.82) is 0 Å². The van der Waals surface area contributed by atoms with Gasteiger partial charge in [-0.1, -0.05) is 12.1 Å². The van der Waals surface area contributed by atoms with E-state index in [9.17, 15) is 4.79 Å². The van der Waals surface area contributed by atoms with Gasteiger partial charge in [0.15, 0.2) is 5.11 Å². The van der Waals surface area contributed by atoms with Crippen molar-refractivity contribution < 1.29 is 9.53 Å². The minimum atomic E-state index is -0.00368. The van der Waals surface area contributed by atoms with Gasteiger partial charge in [-0.3, -0.25) is 4.79 Å². The van der Waals surface area contributed by atoms with E-state index in [0.29, 0.717) is 24.8 Å². The summed E-state index contributed by atoms with van der Waals surface area (Å²) in [6.45, 7) is 9.79. The molecule has 6 heteroatoms. The third-order valence-corrected chi connectivity index (χ3v) is 4.64. The number of thiocarbonyl (C=S) groups is 1. The first kappa shape index (κ1) is 19.5.